The summed E-state index contributed by atoms with van der Waals surface area (Å²) in [7, 11) is 0. The Morgan fingerprint density at radius 1 is 0.942 bits per heavy atom. The number of likely N-dealkylation sites (tertiary alicyclic amines) is 1. The van der Waals surface area contributed by atoms with Crippen molar-refractivity contribution in [3.05, 3.63) is 142 Å². The molecule has 5 aromatic rings. The van der Waals surface area contributed by atoms with Gasteiger partial charge in [0.2, 0.25) is 0 Å². The normalized spacial score (nSPS) is 21.2. The van der Waals surface area contributed by atoms with Crippen molar-refractivity contribution in [3.63, 3.8) is 0 Å². The van der Waals surface area contributed by atoms with Crippen molar-refractivity contribution in [2.45, 2.75) is 57.5 Å². The third kappa shape index (κ3) is 7.90. The molecule has 2 aliphatic rings. The highest BCUT2D eigenvalue weighted by Gasteiger charge is 2.39. The van der Waals surface area contributed by atoms with E-state index in [-0.39, 0.29) is 43.1 Å². The fourth-order valence-electron chi connectivity index (χ4n) is 7.47. The van der Waals surface area contributed by atoms with Crippen LogP contribution in [-0.2, 0) is 27.4 Å². The van der Waals surface area contributed by atoms with Gasteiger partial charge in [-0.25, -0.2) is 9.59 Å². The van der Waals surface area contributed by atoms with Crippen LogP contribution in [0.3, 0.4) is 0 Å². The molecule has 0 radical (unpaired) electrons. The second kappa shape index (κ2) is 16.1. The van der Waals surface area contributed by atoms with Crippen LogP contribution in [0.25, 0.3) is 22.2 Å². The number of fused-ring (bicyclic) bond motifs is 1. The third-order valence-corrected chi connectivity index (χ3v) is 10.3. The van der Waals surface area contributed by atoms with Gasteiger partial charge in [-0.05, 0) is 64.9 Å². The Kier molecular flexibility index (Phi) is 11.0. The first-order chi connectivity index (χ1) is 25.4. The first kappa shape index (κ1) is 35.4. The van der Waals surface area contributed by atoms with Crippen molar-refractivity contribution in [3.8, 4) is 11.1 Å². The molecule has 0 spiro atoms. The van der Waals surface area contributed by atoms with Gasteiger partial charge in [0.25, 0.3) is 0 Å². The molecule has 4 aromatic carbocycles. The van der Waals surface area contributed by atoms with E-state index in [9.17, 15) is 14.7 Å². The second-order valence-corrected chi connectivity index (χ2v) is 13.7. The zero-order valence-electron chi connectivity index (χ0n) is 29.4. The zero-order valence-corrected chi connectivity index (χ0v) is 29.4. The van der Waals surface area contributed by atoms with Crippen LogP contribution in [-0.4, -0.2) is 58.0 Å². The van der Waals surface area contributed by atoms with E-state index in [2.05, 4.69) is 46.9 Å². The minimum absolute atomic E-state index is 0.0141. The van der Waals surface area contributed by atoms with Crippen molar-refractivity contribution in [2.75, 3.05) is 26.2 Å². The molecule has 52 heavy (non-hydrogen) atoms. The number of aromatic amines is 1. The molecule has 0 saturated carbocycles. The summed E-state index contributed by atoms with van der Waals surface area (Å²) < 4.78 is 20.6. The van der Waals surface area contributed by atoms with Gasteiger partial charge in [-0.3, -0.25) is 4.57 Å². The number of nitrogens with zero attached hydrogens (tertiary/aromatic N) is 2. The lowest BCUT2D eigenvalue weighted by molar-refractivity contribution is -0.276. The summed E-state index contributed by atoms with van der Waals surface area (Å²) in [5.41, 5.74) is 7.56. The highest BCUT2D eigenvalue weighted by molar-refractivity contribution is 5.75. The number of piperidine rings is 1. The van der Waals surface area contributed by atoms with Crippen LogP contribution in [0.2, 0.25) is 0 Å². The topological polar surface area (TPSA) is 118 Å². The Morgan fingerprint density at radius 3 is 2.46 bits per heavy atom. The molecule has 1 aromatic heterocycles. The number of nitrogens with one attached hydrogen (secondary N) is 2. The SMILES string of the molecule is C=CCOC(=O)NCc1cccc(-c2cccc([C@@H]3O[C@H](CN4CCC(n5c(=O)[nH]c6ccccc65)CC4)[C@H](C)[C@H](c4ccc(CO)cc4)O3)c2)c1. The molecular formula is C42H46N4O6. The summed E-state index contributed by atoms with van der Waals surface area (Å²) in [5.74, 6) is 0.0516. The number of aromatic nitrogens is 2. The lowest BCUT2D eigenvalue weighted by atomic mass is 9.89. The Balaban J connectivity index is 1.09. The summed E-state index contributed by atoms with van der Waals surface area (Å²) in [4.78, 5) is 30.3. The molecule has 2 aliphatic heterocycles. The van der Waals surface area contributed by atoms with E-state index in [1.807, 2.05) is 83.4 Å². The maximum absolute atomic E-state index is 12.9. The molecule has 2 saturated heterocycles. The van der Waals surface area contributed by atoms with Crippen molar-refractivity contribution in [1.82, 2.24) is 19.8 Å². The zero-order chi connectivity index (χ0) is 36.0. The van der Waals surface area contributed by atoms with E-state index in [4.69, 9.17) is 14.2 Å². The number of hydrogen-bond donors (Lipinski definition) is 3. The molecular weight excluding hydrogens is 656 g/mol. The Bertz CT molecular complexity index is 2050. The van der Waals surface area contributed by atoms with E-state index in [0.29, 0.717) is 6.54 Å². The number of imidazole rings is 1. The predicted molar refractivity (Wildman–Crippen MR) is 201 cm³/mol. The number of ether oxygens (including phenoxy) is 3. The molecule has 270 valence electrons. The average molecular weight is 703 g/mol. The number of aliphatic hydroxyl groups excluding tert-OH is 1. The Labute approximate surface area is 303 Å². The minimum Gasteiger partial charge on any atom is -0.445 e. The maximum Gasteiger partial charge on any atom is 0.407 e. The molecule has 0 aliphatic carbocycles. The van der Waals surface area contributed by atoms with E-state index >= 15 is 0 Å². The number of benzene rings is 4. The fraction of sp³-hybridized carbons (Fsp3) is 0.333. The number of rotatable bonds is 11. The highest BCUT2D eigenvalue weighted by Crippen LogP contribution is 2.43. The first-order valence-corrected chi connectivity index (χ1v) is 18.0. The number of aliphatic hydroxyl groups is 1. The molecule has 2 fully saturated rings. The third-order valence-electron chi connectivity index (χ3n) is 10.3. The minimum atomic E-state index is -0.601. The molecule has 4 atom stereocenters. The van der Waals surface area contributed by atoms with Crippen molar-refractivity contribution in [2.24, 2.45) is 5.92 Å². The van der Waals surface area contributed by atoms with Crippen molar-refractivity contribution < 1.29 is 24.1 Å². The summed E-state index contributed by atoms with van der Waals surface area (Å²) in [6.07, 6.45) is 1.85. The summed E-state index contributed by atoms with van der Waals surface area (Å²) in [6, 6.07) is 32.3. The quantitative estimate of drug-likeness (QED) is 0.127. The maximum atomic E-state index is 12.9. The van der Waals surface area contributed by atoms with Crippen LogP contribution >= 0.6 is 0 Å². The van der Waals surface area contributed by atoms with Crippen LogP contribution in [0, 0.1) is 5.92 Å². The van der Waals surface area contributed by atoms with Crippen LogP contribution in [0.1, 0.15) is 60.5 Å². The fourth-order valence-corrected chi connectivity index (χ4v) is 7.47. The first-order valence-electron chi connectivity index (χ1n) is 18.0. The van der Waals surface area contributed by atoms with E-state index < -0.39 is 12.4 Å². The van der Waals surface area contributed by atoms with Gasteiger partial charge in [-0.2, -0.15) is 0 Å². The standard InChI is InChI=1S/C42H46N4O6/c1-3-22-50-42(49)43-25-30-8-6-9-32(23-30)33-10-7-11-34(24-33)40-51-38(28(2)39(52-40)31-16-14-29(27-47)15-17-31)26-45-20-18-35(19-21-45)46-37-13-5-4-12-36(37)44-41(46)48/h3-17,23-24,28,35,38-40,47H,1,18-22,25-27H2,2H3,(H,43,49)(H,44,48)/t28-,38+,39+,40+/m0/s1. The number of hydrogen-bond acceptors (Lipinski definition) is 7. The van der Waals surface area contributed by atoms with Crippen molar-refractivity contribution in [1.29, 1.82) is 0 Å². The van der Waals surface area contributed by atoms with E-state index in [0.717, 1.165) is 76.9 Å². The largest absolute Gasteiger partial charge is 0.445 e. The van der Waals surface area contributed by atoms with Gasteiger partial charge in [0.15, 0.2) is 6.29 Å². The average Bonchev–Trinajstić information content (AvgIpc) is 3.53. The van der Waals surface area contributed by atoms with Gasteiger partial charge < -0.3 is 34.5 Å². The lowest BCUT2D eigenvalue weighted by Gasteiger charge is -2.44. The smallest absolute Gasteiger partial charge is 0.407 e. The molecule has 3 heterocycles. The summed E-state index contributed by atoms with van der Waals surface area (Å²) in [6.45, 7) is 8.70. The second-order valence-electron chi connectivity index (χ2n) is 13.7. The number of H-pyrrole nitrogens is 1. The molecule has 10 heteroatoms. The Morgan fingerprint density at radius 2 is 1.69 bits per heavy atom. The number of amides is 1. The van der Waals surface area contributed by atoms with Crippen LogP contribution in [0.4, 0.5) is 4.79 Å². The monoisotopic (exact) mass is 702 g/mol. The number of carbonyl (C=O) groups excluding carboxylic acids is 1. The number of para-hydroxylation sites is 2. The van der Waals surface area contributed by atoms with Crippen LogP contribution in [0.15, 0.2) is 115 Å². The van der Waals surface area contributed by atoms with Gasteiger partial charge in [-0.1, -0.05) is 92.4 Å². The Hall–Kier alpha value is -5.00. The lowest BCUT2D eigenvalue weighted by Crippen LogP contribution is -2.47. The molecule has 10 nitrogen and oxygen atoms in total. The van der Waals surface area contributed by atoms with Gasteiger partial charge in [0, 0.05) is 43.7 Å². The van der Waals surface area contributed by atoms with Gasteiger partial charge in [-0.15, -0.1) is 0 Å². The van der Waals surface area contributed by atoms with E-state index in [1.165, 1.54) is 6.08 Å². The molecule has 1 amide bonds. The number of carbonyl (C=O) groups is 1. The van der Waals surface area contributed by atoms with E-state index in [1.54, 1.807) is 0 Å². The summed E-state index contributed by atoms with van der Waals surface area (Å²) in [5, 5.41) is 12.5. The number of alkyl carbamates (subject to hydrolysis) is 1. The van der Waals surface area contributed by atoms with Crippen molar-refractivity contribution >= 4 is 17.1 Å². The predicted octanol–water partition coefficient (Wildman–Crippen LogP) is 7.03. The van der Waals surface area contributed by atoms with Gasteiger partial charge >= 0.3 is 11.8 Å². The summed E-state index contributed by atoms with van der Waals surface area (Å²) >= 11 is 0. The molecule has 0 bridgehead atoms. The van der Waals surface area contributed by atoms with Crippen LogP contribution in [0.5, 0.6) is 0 Å². The highest BCUT2D eigenvalue weighted by atomic mass is 16.7. The molecule has 7 rings (SSSR count). The molecule has 0 unspecified atom stereocenters. The van der Waals surface area contributed by atoms with Gasteiger partial charge in [0.1, 0.15) is 6.61 Å². The molecule has 3 N–H and O–H groups in total. The van der Waals surface area contributed by atoms with Crippen LogP contribution < -0.4 is 11.0 Å². The van der Waals surface area contributed by atoms with Gasteiger partial charge in [0.05, 0.1) is 29.8 Å².